The van der Waals surface area contributed by atoms with E-state index in [9.17, 15) is 4.79 Å². The van der Waals surface area contributed by atoms with Gasteiger partial charge in [0.2, 0.25) is 0 Å². The topological polar surface area (TPSA) is 85.6 Å². The summed E-state index contributed by atoms with van der Waals surface area (Å²) >= 11 is 0. The van der Waals surface area contributed by atoms with Crippen LogP contribution in [0.25, 0.3) is 11.1 Å². The van der Waals surface area contributed by atoms with Gasteiger partial charge in [-0.1, -0.05) is 30.8 Å². The van der Waals surface area contributed by atoms with Gasteiger partial charge in [0.1, 0.15) is 6.79 Å². The molecule has 2 aromatic carbocycles. The molecule has 2 aromatic rings. The molecular formula is C21H21NO5. The number of nitriles is 1. The lowest BCUT2D eigenvalue weighted by atomic mass is 10.0. The Bertz CT molecular complexity index is 748. The molecule has 0 fully saturated rings. The first-order chi connectivity index (χ1) is 13.2. The van der Waals surface area contributed by atoms with Gasteiger partial charge >= 0.3 is 5.97 Å². The molecule has 6 heteroatoms. The van der Waals surface area contributed by atoms with E-state index < -0.39 is 5.97 Å². The van der Waals surface area contributed by atoms with Crippen molar-refractivity contribution in [3.05, 3.63) is 66.7 Å². The Morgan fingerprint density at radius 2 is 1.52 bits per heavy atom. The van der Waals surface area contributed by atoms with Crippen LogP contribution in [0.4, 0.5) is 0 Å². The summed E-state index contributed by atoms with van der Waals surface area (Å²) < 4.78 is 4.85. The van der Waals surface area contributed by atoms with Crippen molar-refractivity contribution in [2.75, 3.05) is 13.2 Å². The van der Waals surface area contributed by atoms with E-state index in [1.807, 2.05) is 43.2 Å². The summed E-state index contributed by atoms with van der Waals surface area (Å²) in [7, 11) is 0. The van der Waals surface area contributed by atoms with Gasteiger partial charge in [-0.2, -0.15) is 10.1 Å². The fraction of sp³-hybridized carbons (Fsp3) is 0.190. The van der Waals surface area contributed by atoms with E-state index in [1.54, 1.807) is 12.1 Å². The van der Waals surface area contributed by atoms with Crippen LogP contribution in [0.2, 0.25) is 0 Å². The van der Waals surface area contributed by atoms with E-state index in [1.165, 1.54) is 0 Å². The highest BCUT2D eigenvalue weighted by atomic mass is 17.2. The van der Waals surface area contributed by atoms with Crippen LogP contribution in [0.1, 0.15) is 18.4 Å². The SMILES string of the molecule is C=CC(=O)OCCCCOOc1ccc(-c2ccc(C#N)cc2)cc1.C=O. The molecule has 0 aromatic heterocycles. The van der Waals surface area contributed by atoms with Gasteiger partial charge in [0, 0.05) is 6.08 Å². The molecule has 2 rings (SSSR count). The second-order valence-corrected chi connectivity index (χ2v) is 5.20. The highest BCUT2D eigenvalue weighted by Crippen LogP contribution is 2.22. The molecular weight excluding hydrogens is 346 g/mol. The Hall–Kier alpha value is -3.43. The fourth-order valence-corrected chi connectivity index (χ4v) is 2.04. The number of carbonyl (C=O) groups is 2. The van der Waals surface area contributed by atoms with E-state index in [0.717, 1.165) is 17.2 Å². The molecule has 0 saturated heterocycles. The molecule has 0 atom stereocenters. The maximum atomic E-state index is 10.8. The summed E-state index contributed by atoms with van der Waals surface area (Å²) in [6.07, 6.45) is 2.55. The molecule has 0 aliphatic rings. The van der Waals surface area contributed by atoms with Gasteiger partial charge < -0.3 is 14.4 Å². The highest BCUT2D eigenvalue weighted by molar-refractivity contribution is 5.81. The highest BCUT2D eigenvalue weighted by Gasteiger charge is 2.01. The molecule has 6 nitrogen and oxygen atoms in total. The largest absolute Gasteiger partial charge is 0.463 e. The van der Waals surface area contributed by atoms with Gasteiger partial charge in [-0.15, -0.1) is 0 Å². The third-order valence-electron chi connectivity index (χ3n) is 3.39. The average molecular weight is 367 g/mol. The molecule has 0 aliphatic carbocycles. The minimum absolute atomic E-state index is 0.341. The first-order valence-electron chi connectivity index (χ1n) is 8.21. The summed E-state index contributed by atoms with van der Waals surface area (Å²) in [4.78, 5) is 29.2. The van der Waals surface area contributed by atoms with Crippen molar-refractivity contribution >= 4 is 12.8 Å². The number of hydrogen-bond donors (Lipinski definition) is 0. The summed E-state index contributed by atoms with van der Waals surface area (Å²) in [5.74, 6) is 0.190. The zero-order valence-corrected chi connectivity index (χ0v) is 14.9. The monoisotopic (exact) mass is 367 g/mol. The number of rotatable bonds is 9. The van der Waals surface area contributed by atoms with Crippen molar-refractivity contribution in [2.24, 2.45) is 0 Å². The molecule has 140 valence electrons. The van der Waals surface area contributed by atoms with E-state index in [2.05, 4.69) is 12.6 Å². The zero-order chi connectivity index (χ0) is 19.9. The van der Waals surface area contributed by atoms with Crippen LogP contribution >= 0.6 is 0 Å². The number of benzene rings is 2. The quantitative estimate of drug-likeness (QED) is 0.220. The lowest BCUT2D eigenvalue weighted by Crippen LogP contribution is -2.04. The van der Waals surface area contributed by atoms with Crippen LogP contribution in [-0.2, 0) is 19.2 Å². The predicted molar refractivity (Wildman–Crippen MR) is 101 cm³/mol. The van der Waals surface area contributed by atoms with Crippen molar-refractivity contribution in [3.8, 4) is 22.9 Å². The van der Waals surface area contributed by atoms with E-state index in [4.69, 9.17) is 24.6 Å². The number of ether oxygens (including phenoxy) is 1. The van der Waals surface area contributed by atoms with Crippen LogP contribution in [0, 0.1) is 11.3 Å². The third-order valence-corrected chi connectivity index (χ3v) is 3.39. The normalized spacial score (nSPS) is 9.30. The fourth-order valence-electron chi connectivity index (χ4n) is 2.04. The van der Waals surface area contributed by atoms with Crippen molar-refractivity contribution in [1.82, 2.24) is 0 Å². The second-order valence-electron chi connectivity index (χ2n) is 5.20. The molecule has 0 aliphatic heterocycles. The number of esters is 1. The Labute approximate surface area is 158 Å². The van der Waals surface area contributed by atoms with E-state index in [0.29, 0.717) is 37.4 Å². The van der Waals surface area contributed by atoms with Crippen LogP contribution in [-0.4, -0.2) is 26.0 Å². The van der Waals surface area contributed by atoms with Crippen molar-refractivity contribution in [2.45, 2.75) is 12.8 Å². The van der Waals surface area contributed by atoms with E-state index >= 15 is 0 Å². The standard InChI is InChI=1S/C20H19NO4.CH2O/c1-2-20(22)23-13-3-4-14-24-25-19-11-9-18(10-12-19)17-7-5-16(15-21)6-8-17;1-2/h2,5-12H,1,3-4,13-14H2;1H2. The molecule has 0 heterocycles. The molecule has 0 amide bonds. The minimum Gasteiger partial charge on any atom is -0.463 e. The Morgan fingerprint density at radius 1 is 0.963 bits per heavy atom. The molecule has 0 radical (unpaired) electrons. The average Bonchev–Trinajstić information content (AvgIpc) is 2.74. The number of carbonyl (C=O) groups excluding carboxylic acids is 2. The lowest BCUT2D eigenvalue weighted by Gasteiger charge is -2.07. The summed E-state index contributed by atoms with van der Waals surface area (Å²) in [6, 6.07) is 17.0. The van der Waals surface area contributed by atoms with Crippen molar-refractivity contribution in [1.29, 1.82) is 5.26 Å². The molecule has 0 unspecified atom stereocenters. The Balaban J connectivity index is 0.00000176. The van der Waals surface area contributed by atoms with Crippen LogP contribution in [0.3, 0.4) is 0 Å². The molecule has 27 heavy (non-hydrogen) atoms. The lowest BCUT2D eigenvalue weighted by molar-refractivity contribution is -0.207. The van der Waals surface area contributed by atoms with Gasteiger partial charge in [0.25, 0.3) is 0 Å². The summed E-state index contributed by atoms with van der Waals surface area (Å²) in [6.45, 7) is 6.07. The van der Waals surface area contributed by atoms with Crippen molar-refractivity contribution < 1.29 is 24.1 Å². The Morgan fingerprint density at radius 3 is 2.07 bits per heavy atom. The maximum Gasteiger partial charge on any atom is 0.330 e. The summed E-state index contributed by atoms with van der Waals surface area (Å²) in [5.41, 5.74) is 2.69. The number of hydrogen-bond acceptors (Lipinski definition) is 6. The molecule has 0 N–H and O–H groups in total. The molecule has 0 spiro atoms. The van der Waals surface area contributed by atoms with Gasteiger partial charge in [-0.3, -0.25) is 0 Å². The van der Waals surface area contributed by atoms with Crippen molar-refractivity contribution in [3.63, 3.8) is 0 Å². The number of unbranched alkanes of at least 4 members (excludes halogenated alkanes) is 1. The first-order valence-corrected chi connectivity index (χ1v) is 8.21. The van der Waals surface area contributed by atoms with Crippen LogP contribution in [0.5, 0.6) is 5.75 Å². The number of nitrogens with zero attached hydrogens (tertiary/aromatic N) is 1. The maximum absolute atomic E-state index is 10.8. The molecule has 0 saturated carbocycles. The van der Waals surface area contributed by atoms with Gasteiger partial charge in [0.15, 0.2) is 5.75 Å². The minimum atomic E-state index is -0.417. The Kier molecular flexibility index (Phi) is 10.3. The van der Waals surface area contributed by atoms with Gasteiger partial charge in [-0.05, 0) is 48.2 Å². The zero-order valence-electron chi connectivity index (χ0n) is 14.9. The van der Waals surface area contributed by atoms with Gasteiger partial charge in [-0.25, -0.2) is 4.79 Å². The smallest absolute Gasteiger partial charge is 0.330 e. The summed E-state index contributed by atoms with van der Waals surface area (Å²) in [5, 5.41) is 8.82. The van der Waals surface area contributed by atoms with Gasteiger partial charge in [0.05, 0.1) is 24.8 Å². The van der Waals surface area contributed by atoms with E-state index in [-0.39, 0.29) is 0 Å². The molecule has 0 bridgehead atoms. The first kappa shape index (κ1) is 21.6. The van der Waals surface area contributed by atoms with Crippen LogP contribution < -0.4 is 4.89 Å². The van der Waals surface area contributed by atoms with Crippen LogP contribution in [0.15, 0.2) is 61.2 Å². The predicted octanol–water partition coefficient (Wildman–Crippen LogP) is 3.86. The second kappa shape index (κ2) is 12.9. The third kappa shape index (κ3) is 7.99.